The van der Waals surface area contributed by atoms with Crippen molar-refractivity contribution in [2.24, 2.45) is 0 Å². The van der Waals surface area contributed by atoms with Gasteiger partial charge in [-0.3, -0.25) is 14.5 Å². The Hall–Kier alpha value is -1.12. The van der Waals surface area contributed by atoms with E-state index in [2.05, 4.69) is 6.92 Å². The maximum absolute atomic E-state index is 11.2. The van der Waals surface area contributed by atoms with E-state index in [0.717, 1.165) is 12.8 Å². The Balaban J connectivity index is 2.19. The van der Waals surface area contributed by atoms with Crippen LogP contribution in [0.25, 0.3) is 0 Å². The van der Waals surface area contributed by atoms with Crippen LogP contribution in [0.15, 0.2) is 12.3 Å². The van der Waals surface area contributed by atoms with E-state index in [1.165, 1.54) is 24.2 Å². The number of rotatable bonds is 6. The highest BCUT2D eigenvalue weighted by atomic mass is 16.2. The summed E-state index contributed by atoms with van der Waals surface area (Å²) in [6, 6.07) is 0. The smallest absolute Gasteiger partial charge is 0.233 e. The van der Waals surface area contributed by atoms with Gasteiger partial charge in [-0.1, -0.05) is 32.3 Å². The predicted molar refractivity (Wildman–Crippen MR) is 59.0 cm³/mol. The average molecular weight is 209 g/mol. The number of carbonyl (C=O) groups is 2. The van der Waals surface area contributed by atoms with Crippen LogP contribution in [-0.2, 0) is 9.59 Å². The Bertz CT molecular complexity index is 242. The average Bonchev–Trinajstić information content (AvgIpc) is 2.54. The number of allylic oxidation sites excluding steroid dienone is 1. The number of imide groups is 1. The molecule has 3 heteroatoms. The molecule has 0 atom stereocenters. The normalized spacial score (nSPS) is 17.0. The van der Waals surface area contributed by atoms with Gasteiger partial charge in [0.25, 0.3) is 0 Å². The van der Waals surface area contributed by atoms with Gasteiger partial charge in [-0.25, -0.2) is 0 Å². The van der Waals surface area contributed by atoms with Crippen LogP contribution in [-0.4, -0.2) is 16.7 Å². The van der Waals surface area contributed by atoms with Crippen molar-refractivity contribution in [1.29, 1.82) is 0 Å². The van der Waals surface area contributed by atoms with Gasteiger partial charge in [0.1, 0.15) is 0 Å². The van der Waals surface area contributed by atoms with Gasteiger partial charge in [0, 0.05) is 19.0 Å². The fraction of sp³-hybridized carbons (Fsp3) is 0.667. The molecule has 0 saturated carbocycles. The molecule has 1 rings (SSSR count). The summed E-state index contributed by atoms with van der Waals surface area (Å²) < 4.78 is 0. The lowest BCUT2D eigenvalue weighted by Crippen LogP contribution is -2.22. The van der Waals surface area contributed by atoms with E-state index in [4.69, 9.17) is 0 Å². The molecular formula is C12H19NO2. The van der Waals surface area contributed by atoms with Crippen LogP contribution < -0.4 is 0 Å². The number of amides is 2. The van der Waals surface area contributed by atoms with Crippen molar-refractivity contribution in [2.45, 2.75) is 51.9 Å². The third-order valence-corrected chi connectivity index (χ3v) is 2.57. The first-order valence-corrected chi connectivity index (χ1v) is 5.77. The van der Waals surface area contributed by atoms with Gasteiger partial charge in [0.2, 0.25) is 11.8 Å². The molecule has 0 bridgehead atoms. The summed E-state index contributed by atoms with van der Waals surface area (Å²) in [5.74, 6) is -0.130. The van der Waals surface area contributed by atoms with Crippen LogP contribution in [0.3, 0.4) is 0 Å². The summed E-state index contributed by atoms with van der Waals surface area (Å²) in [4.78, 5) is 23.7. The summed E-state index contributed by atoms with van der Waals surface area (Å²) >= 11 is 0. The van der Waals surface area contributed by atoms with Gasteiger partial charge < -0.3 is 0 Å². The van der Waals surface area contributed by atoms with Gasteiger partial charge in [-0.05, 0) is 12.8 Å². The van der Waals surface area contributed by atoms with E-state index in [1.807, 2.05) is 6.08 Å². The van der Waals surface area contributed by atoms with E-state index in [1.54, 1.807) is 6.20 Å². The SMILES string of the molecule is CCCCCC/C=C\N1C(=O)CCC1=O. The lowest BCUT2D eigenvalue weighted by molar-refractivity contribution is -0.135. The third kappa shape index (κ3) is 3.86. The molecule has 0 spiro atoms. The number of likely N-dealkylation sites (tertiary alicyclic amines) is 1. The highest BCUT2D eigenvalue weighted by Gasteiger charge is 2.26. The minimum atomic E-state index is -0.0650. The Kier molecular flexibility index (Phi) is 5.08. The zero-order valence-corrected chi connectivity index (χ0v) is 9.37. The second kappa shape index (κ2) is 6.38. The second-order valence-electron chi connectivity index (χ2n) is 3.89. The highest BCUT2D eigenvalue weighted by Crippen LogP contribution is 2.12. The Labute approximate surface area is 91.1 Å². The third-order valence-electron chi connectivity index (χ3n) is 2.57. The summed E-state index contributed by atoms with van der Waals surface area (Å²) in [7, 11) is 0. The first kappa shape index (κ1) is 12.0. The molecule has 0 aliphatic carbocycles. The first-order chi connectivity index (χ1) is 7.25. The van der Waals surface area contributed by atoms with E-state index in [-0.39, 0.29) is 11.8 Å². The molecule has 84 valence electrons. The van der Waals surface area contributed by atoms with Crippen LogP contribution in [0.1, 0.15) is 51.9 Å². The standard InChI is InChI=1S/C12H19NO2/c1-2-3-4-5-6-7-10-13-11(14)8-9-12(13)15/h7,10H,2-6,8-9H2,1H3/b10-7-. The summed E-state index contributed by atoms with van der Waals surface area (Å²) in [6.45, 7) is 2.18. The second-order valence-corrected chi connectivity index (χ2v) is 3.89. The highest BCUT2D eigenvalue weighted by molar-refractivity contribution is 6.02. The van der Waals surface area contributed by atoms with Crippen molar-refractivity contribution in [1.82, 2.24) is 4.90 Å². The lowest BCUT2D eigenvalue weighted by Gasteiger charge is -2.06. The Morgan fingerprint density at radius 1 is 1.13 bits per heavy atom. The topological polar surface area (TPSA) is 37.4 Å². The molecule has 1 heterocycles. The number of hydrogen-bond acceptors (Lipinski definition) is 2. The van der Waals surface area contributed by atoms with Crippen LogP contribution >= 0.6 is 0 Å². The summed E-state index contributed by atoms with van der Waals surface area (Å²) in [6.07, 6.45) is 10.1. The molecule has 1 fully saturated rings. The van der Waals surface area contributed by atoms with Gasteiger partial charge in [-0.15, -0.1) is 0 Å². The largest absolute Gasteiger partial charge is 0.274 e. The van der Waals surface area contributed by atoms with E-state index in [9.17, 15) is 9.59 Å². The van der Waals surface area contributed by atoms with Crippen LogP contribution in [0.5, 0.6) is 0 Å². The number of nitrogens with zero attached hydrogens (tertiary/aromatic N) is 1. The number of hydrogen-bond donors (Lipinski definition) is 0. The molecule has 2 amide bonds. The predicted octanol–water partition coefficient (Wildman–Crippen LogP) is 2.62. The number of unbranched alkanes of at least 4 members (excludes halogenated alkanes) is 4. The van der Waals surface area contributed by atoms with Crippen LogP contribution in [0.4, 0.5) is 0 Å². The van der Waals surface area contributed by atoms with Crippen molar-refractivity contribution in [2.75, 3.05) is 0 Å². The first-order valence-electron chi connectivity index (χ1n) is 5.77. The maximum atomic E-state index is 11.2. The lowest BCUT2D eigenvalue weighted by atomic mass is 10.1. The van der Waals surface area contributed by atoms with E-state index in [0.29, 0.717) is 12.8 Å². The van der Waals surface area contributed by atoms with Crippen LogP contribution in [0, 0.1) is 0 Å². The molecule has 1 aliphatic heterocycles. The molecule has 15 heavy (non-hydrogen) atoms. The van der Waals surface area contributed by atoms with Crippen molar-refractivity contribution in [3.8, 4) is 0 Å². The summed E-state index contributed by atoms with van der Waals surface area (Å²) in [5.41, 5.74) is 0. The van der Waals surface area contributed by atoms with E-state index >= 15 is 0 Å². The summed E-state index contributed by atoms with van der Waals surface area (Å²) in [5, 5.41) is 0. The molecule has 0 aromatic rings. The zero-order valence-electron chi connectivity index (χ0n) is 9.37. The molecule has 0 N–H and O–H groups in total. The van der Waals surface area contributed by atoms with Crippen molar-refractivity contribution in [3.63, 3.8) is 0 Å². The fourth-order valence-electron chi connectivity index (χ4n) is 1.63. The van der Waals surface area contributed by atoms with E-state index < -0.39 is 0 Å². The Morgan fingerprint density at radius 3 is 2.40 bits per heavy atom. The zero-order chi connectivity index (χ0) is 11.1. The minimum absolute atomic E-state index is 0.0650. The molecule has 0 aromatic heterocycles. The van der Waals surface area contributed by atoms with Gasteiger partial charge in [0.15, 0.2) is 0 Å². The molecule has 0 unspecified atom stereocenters. The quantitative estimate of drug-likeness (QED) is 0.498. The Morgan fingerprint density at radius 2 is 1.80 bits per heavy atom. The monoisotopic (exact) mass is 209 g/mol. The van der Waals surface area contributed by atoms with Gasteiger partial charge in [-0.2, -0.15) is 0 Å². The van der Waals surface area contributed by atoms with Crippen molar-refractivity contribution >= 4 is 11.8 Å². The molecule has 1 saturated heterocycles. The minimum Gasteiger partial charge on any atom is -0.274 e. The molecule has 1 aliphatic rings. The fourth-order valence-corrected chi connectivity index (χ4v) is 1.63. The van der Waals surface area contributed by atoms with Crippen LogP contribution in [0.2, 0.25) is 0 Å². The number of carbonyl (C=O) groups excluding carboxylic acids is 2. The van der Waals surface area contributed by atoms with Crippen molar-refractivity contribution in [3.05, 3.63) is 12.3 Å². The molecule has 0 aromatic carbocycles. The van der Waals surface area contributed by atoms with Crippen molar-refractivity contribution < 1.29 is 9.59 Å². The maximum Gasteiger partial charge on any atom is 0.233 e. The molecule has 3 nitrogen and oxygen atoms in total. The van der Waals surface area contributed by atoms with Gasteiger partial charge in [0.05, 0.1) is 0 Å². The molecular weight excluding hydrogens is 190 g/mol. The van der Waals surface area contributed by atoms with Gasteiger partial charge >= 0.3 is 0 Å². The molecule has 0 radical (unpaired) electrons.